The SMILES string of the molecule is CCc1ccc(CNCCCC(=O)OC)cc1. The molecule has 0 aliphatic rings. The van der Waals surface area contributed by atoms with E-state index in [1.54, 1.807) is 0 Å². The van der Waals surface area contributed by atoms with Crippen LogP contribution in [0.15, 0.2) is 24.3 Å². The average Bonchev–Trinajstić information content (AvgIpc) is 2.38. The van der Waals surface area contributed by atoms with Crippen LogP contribution in [0.5, 0.6) is 0 Å². The Morgan fingerprint density at radius 1 is 1.24 bits per heavy atom. The normalized spacial score (nSPS) is 10.2. The first-order chi connectivity index (χ1) is 8.26. The highest BCUT2D eigenvalue weighted by Crippen LogP contribution is 2.04. The molecule has 3 nitrogen and oxygen atoms in total. The summed E-state index contributed by atoms with van der Waals surface area (Å²) in [5.74, 6) is -0.140. The predicted molar refractivity (Wildman–Crippen MR) is 68.8 cm³/mol. The van der Waals surface area contributed by atoms with Crippen molar-refractivity contribution in [2.45, 2.75) is 32.7 Å². The lowest BCUT2D eigenvalue weighted by Gasteiger charge is -2.05. The van der Waals surface area contributed by atoms with Gasteiger partial charge >= 0.3 is 5.97 Å². The van der Waals surface area contributed by atoms with Gasteiger partial charge in [-0.3, -0.25) is 4.79 Å². The molecule has 0 aliphatic carbocycles. The third-order valence-electron chi connectivity index (χ3n) is 2.72. The maximum absolute atomic E-state index is 10.9. The Bertz CT molecular complexity index is 333. The van der Waals surface area contributed by atoms with Gasteiger partial charge in [0.2, 0.25) is 0 Å². The minimum atomic E-state index is -0.140. The van der Waals surface area contributed by atoms with Crippen molar-refractivity contribution in [3.05, 3.63) is 35.4 Å². The summed E-state index contributed by atoms with van der Waals surface area (Å²) in [6.07, 6.45) is 2.38. The molecule has 3 heteroatoms. The minimum absolute atomic E-state index is 0.140. The number of ether oxygens (including phenoxy) is 1. The molecule has 0 heterocycles. The number of carbonyl (C=O) groups excluding carboxylic acids is 1. The Morgan fingerprint density at radius 2 is 1.88 bits per heavy atom. The molecule has 0 saturated heterocycles. The number of hydrogen-bond acceptors (Lipinski definition) is 3. The van der Waals surface area contributed by atoms with Crippen molar-refractivity contribution in [3.63, 3.8) is 0 Å². The highest BCUT2D eigenvalue weighted by atomic mass is 16.5. The monoisotopic (exact) mass is 235 g/mol. The van der Waals surface area contributed by atoms with Gasteiger partial charge in [-0.25, -0.2) is 0 Å². The van der Waals surface area contributed by atoms with Crippen molar-refractivity contribution in [2.24, 2.45) is 0 Å². The lowest BCUT2D eigenvalue weighted by Crippen LogP contribution is -2.16. The van der Waals surface area contributed by atoms with Crippen LogP contribution in [0.2, 0.25) is 0 Å². The van der Waals surface area contributed by atoms with Gasteiger partial charge < -0.3 is 10.1 Å². The van der Waals surface area contributed by atoms with Gasteiger partial charge in [-0.05, 0) is 30.5 Å². The molecule has 0 saturated carbocycles. The fourth-order valence-electron chi connectivity index (χ4n) is 1.59. The number of rotatable bonds is 7. The highest BCUT2D eigenvalue weighted by Gasteiger charge is 1.99. The summed E-state index contributed by atoms with van der Waals surface area (Å²) in [7, 11) is 1.42. The first-order valence-corrected chi connectivity index (χ1v) is 6.11. The standard InChI is InChI=1S/C14H21NO2/c1-3-12-6-8-13(9-7-12)11-15-10-4-5-14(16)17-2/h6-9,15H,3-5,10-11H2,1-2H3. The summed E-state index contributed by atoms with van der Waals surface area (Å²) in [6, 6.07) is 8.61. The van der Waals surface area contributed by atoms with Gasteiger partial charge in [-0.15, -0.1) is 0 Å². The van der Waals surface area contributed by atoms with E-state index in [1.165, 1.54) is 18.2 Å². The van der Waals surface area contributed by atoms with Crippen LogP contribution in [0.25, 0.3) is 0 Å². The van der Waals surface area contributed by atoms with Gasteiger partial charge in [0, 0.05) is 13.0 Å². The van der Waals surface area contributed by atoms with Crippen molar-refractivity contribution in [1.29, 1.82) is 0 Å². The van der Waals surface area contributed by atoms with Crippen LogP contribution in [0.4, 0.5) is 0 Å². The lowest BCUT2D eigenvalue weighted by molar-refractivity contribution is -0.140. The minimum Gasteiger partial charge on any atom is -0.469 e. The van der Waals surface area contributed by atoms with E-state index in [0.717, 1.165) is 25.9 Å². The third kappa shape index (κ3) is 5.50. The molecule has 1 N–H and O–H groups in total. The number of carbonyl (C=O) groups is 1. The Labute approximate surface area is 103 Å². The summed E-state index contributed by atoms with van der Waals surface area (Å²) >= 11 is 0. The topological polar surface area (TPSA) is 38.3 Å². The molecule has 0 fully saturated rings. The maximum atomic E-state index is 10.9. The number of hydrogen-bond donors (Lipinski definition) is 1. The van der Waals surface area contributed by atoms with Crippen molar-refractivity contribution in [2.75, 3.05) is 13.7 Å². The second-order valence-corrected chi connectivity index (χ2v) is 4.03. The van der Waals surface area contributed by atoms with Crippen molar-refractivity contribution < 1.29 is 9.53 Å². The molecule has 0 spiro atoms. The van der Waals surface area contributed by atoms with Crippen LogP contribution in [-0.4, -0.2) is 19.6 Å². The smallest absolute Gasteiger partial charge is 0.305 e. The van der Waals surface area contributed by atoms with Crippen LogP contribution in [0.3, 0.4) is 0 Å². The second kappa shape index (κ2) is 7.85. The number of esters is 1. The molecule has 0 radical (unpaired) electrons. The maximum Gasteiger partial charge on any atom is 0.305 e. The van der Waals surface area contributed by atoms with Crippen molar-refractivity contribution in [3.8, 4) is 0 Å². The molecular formula is C14H21NO2. The molecule has 1 rings (SSSR count). The molecule has 17 heavy (non-hydrogen) atoms. The quantitative estimate of drug-likeness (QED) is 0.582. The van der Waals surface area contributed by atoms with Crippen LogP contribution < -0.4 is 5.32 Å². The average molecular weight is 235 g/mol. The summed E-state index contributed by atoms with van der Waals surface area (Å²) in [5.41, 5.74) is 2.64. The largest absolute Gasteiger partial charge is 0.469 e. The molecule has 0 amide bonds. The van der Waals surface area contributed by atoms with Gasteiger partial charge in [0.25, 0.3) is 0 Å². The summed E-state index contributed by atoms with van der Waals surface area (Å²) in [5, 5.41) is 3.31. The molecule has 0 atom stereocenters. The fourth-order valence-corrected chi connectivity index (χ4v) is 1.59. The summed E-state index contributed by atoms with van der Waals surface area (Å²) in [6.45, 7) is 3.84. The van der Waals surface area contributed by atoms with Crippen LogP contribution in [-0.2, 0) is 22.5 Å². The first-order valence-electron chi connectivity index (χ1n) is 6.11. The Kier molecular flexibility index (Phi) is 6.33. The molecule has 94 valence electrons. The first kappa shape index (κ1) is 13.7. The predicted octanol–water partition coefficient (Wildman–Crippen LogP) is 2.29. The molecule has 1 aromatic carbocycles. The molecule has 0 unspecified atom stereocenters. The Balaban J connectivity index is 2.15. The van der Waals surface area contributed by atoms with Gasteiger partial charge in [-0.2, -0.15) is 0 Å². The molecule has 0 bridgehead atoms. The summed E-state index contributed by atoms with van der Waals surface area (Å²) < 4.78 is 4.57. The Morgan fingerprint density at radius 3 is 2.47 bits per heavy atom. The summed E-state index contributed by atoms with van der Waals surface area (Å²) in [4.78, 5) is 10.9. The van der Waals surface area contributed by atoms with E-state index in [4.69, 9.17) is 0 Å². The van der Waals surface area contributed by atoms with E-state index < -0.39 is 0 Å². The van der Waals surface area contributed by atoms with E-state index in [9.17, 15) is 4.79 Å². The van der Waals surface area contributed by atoms with E-state index in [1.807, 2.05) is 0 Å². The number of aryl methyl sites for hydroxylation is 1. The zero-order valence-electron chi connectivity index (χ0n) is 10.7. The second-order valence-electron chi connectivity index (χ2n) is 4.03. The van der Waals surface area contributed by atoms with Crippen LogP contribution in [0.1, 0.15) is 30.9 Å². The molecule has 1 aromatic rings. The number of methoxy groups -OCH3 is 1. The van der Waals surface area contributed by atoms with Gasteiger partial charge in [0.15, 0.2) is 0 Å². The number of benzene rings is 1. The molecule has 0 aliphatic heterocycles. The lowest BCUT2D eigenvalue weighted by atomic mass is 10.1. The molecule has 0 aromatic heterocycles. The van der Waals surface area contributed by atoms with Crippen LogP contribution in [0, 0.1) is 0 Å². The highest BCUT2D eigenvalue weighted by molar-refractivity contribution is 5.69. The van der Waals surface area contributed by atoms with Crippen molar-refractivity contribution in [1.82, 2.24) is 5.32 Å². The zero-order chi connectivity index (χ0) is 12.5. The van der Waals surface area contributed by atoms with Gasteiger partial charge in [0.1, 0.15) is 0 Å². The number of nitrogens with one attached hydrogen (secondary N) is 1. The van der Waals surface area contributed by atoms with Gasteiger partial charge in [0.05, 0.1) is 7.11 Å². The van der Waals surface area contributed by atoms with Crippen LogP contribution >= 0.6 is 0 Å². The third-order valence-corrected chi connectivity index (χ3v) is 2.72. The zero-order valence-corrected chi connectivity index (χ0v) is 10.7. The van der Waals surface area contributed by atoms with E-state index in [2.05, 4.69) is 41.2 Å². The fraction of sp³-hybridized carbons (Fsp3) is 0.500. The van der Waals surface area contributed by atoms with E-state index in [0.29, 0.717) is 6.42 Å². The van der Waals surface area contributed by atoms with E-state index in [-0.39, 0.29) is 5.97 Å². The van der Waals surface area contributed by atoms with Crippen molar-refractivity contribution >= 4 is 5.97 Å². The molecular weight excluding hydrogens is 214 g/mol. The van der Waals surface area contributed by atoms with Gasteiger partial charge in [-0.1, -0.05) is 31.2 Å². The Hall–Kier alpha value is -1.35. The van der Waals surface area contributed by atoms with E-state index >= 15 is 0 Å².